The molecule has 2 heteroatoms. The van der Waals surface area contributed by atoms with Gasteiger partial charge in [-0.1, -0.05) is 51.8 Å². The maximum absolute atomic E-state index is 6.17. The minimum Gasteiger partial charge on any atom is -0.371 e. The Hall–Kier alpha value is -1.02. The zero-order valence-electron chi connectivity index (χ0n) is 14.1. The van der Waals surface area contributed by atoms with E-state index in [1.807, 2.05) is 0 Å². The molecule has 1 aromatic rings. The molecule has 0 radical (unpaired) electrons. The average molecular weight is 288 g/mol. The topological polar surface area (TPSA) is 29.3 Å². The molecule has 2 N–H and O–H groups in total. The standard InChI is InChI=1S/C19H32N2/c1-4-17(20)15-16-9-7-8-10-18(16)21-13-11-19(5-2,6-3)12-14-21/h7-10,17H,4-6,11-15,20H2,1-3H3. The Bertz CT molecular complexity index is 427. The van der Waals surface area contributed by atoms with Crippen LogP contribution in [0.4, 0.5) is 5.69 Å². The summed E-state index contributed by atoms with van der Waals surface area (Å²) < 4.78 is 0. The number of nitrogens with two attached hydrogens (primary N) is 1. The molecule has 0 saturated carbocycles. The van der Waals surface area contributed by atoms with Crippen molar-refractivity contribution in [1.29, 1.82) is 0 Å². The van der Waals surface area contributed by atoms with Gasteiger partial charge < -0.3 is 10.6 Å². The van der Waals surface area contributed by atoms with Gasteiger partial charge in [-0.15, -0.1) is 0 Å². The lowest BCUT2D eigenvalue weighted by atomic mass is 9.74. The smallest absolute Gasteiger partial charge is 0.0399 e. The Balaban J connectivity index is 2.10. The molecule has 2 rings (SSSR count). The first kappa shape index (κ1) is 16.4. The van der Waals surface area contributed by atoms with Crippen LogP contribution in [0.15, 0.2) is 24.3 Å². The highest BCUT2D eigenvalue weighted by Gasteiger charge is 2.31. The molecule has 1 heterocycles. The van der Waals surface area contributed by atoms with Crippen molar-refractivity contribution >= 4 is 5.69 Å². The van der Waals surface area contributed by atoms with E-state index in [9.17, 15) is 0 Å². The molecule has 1 atom stereocenters. The number of para-hydroxylation sites is 1. The van der Waals surface area contributed by atoms with Crippen LogP contribution in [0, 0.1) is 5.41 Å². The molecule has 2 nitrogen and oxygen atoms in total. The van der Waals surface area contributed by atoms with Gasteiger partial charge in [-0.3, -0.25) is 0 Å². The van der Waals surface area contributed by atoms with Crippen molar-refractivity contribution < 1.29 is 0 Å². The average Bonchev–Trinajstić information content (AvgIpc) is 2.55. The van der Waals surface area contributed by atoms with Gasteiger partial charge in [-0.2, -0.15) is 0 Å². The van der Waals surface area contributed by atoms with Crippen LogP contribution >= 0.6 is 0 Å². The van der Waals surface area contributed by atoms with Crippen LogP contribution < -0.4 is 10.6 Å². The van der Waals surface area contributed by atoms with E-state index in [1.54, 1.807) is 0 Å². The third-order valence-corrected chi connectivity index (χ3v) is 5.66. The van der Waals surface area contributed by atoms with Crippen molar-refractivity contribution in [3.63, 3.8) is 0 Å². The van der Waals surface area contributed by atoms with E-state index in [2.05, 4.69) is 49.9 Å². The van der Waals surface area contributed by atoms with Gasteiger partial charge in [-0.25, -0.2) is 0 Å². The minimum absolute atomic E-state index is 0.279. The van der Waals surface area contributed by atoms with Gasteiger partial charge in [0.05, 0.1) is 0 Å². The summed E-state index contributed by atoms with van der Waals surface area (Å²) in [6, 6.07) is 9.13. The summed E-state index contributed by atoms with van der Waals surface area (Å²) in [6.45, 7) is 9.27. The fourth-order valence-corrected chi connectivity index (χ4v) is 3.60. The molecule has 0 amide bonds. The molecule has 21 heavy (non-hydrogen) atoms. The lowest BCUT2D eigenvalue weighted by Gasteiger charge is -2.42. The van der Waals surface area contributed by atoms with E-state index < -0.39 is 0 Å². The Morgan fingerprint density at radius 2 is 1.71 bits per heavy atom. The summed E-state index contributed by atoms with van der Waals surface area (Å²) in [5, 5.41) is 0. The largest absolute Gasteiger partial charge is 0.371 e. The molecule has 0 aliphatic carbocycles. The van der Waals surface area contributed by atoms with E-state index >= 15 is 0 Å². The Morgan fingerprint density at radius 1 is 1.10 bits per heavy atom. The highest BCUT2D eigenvalue weighted by molar-refractivity contribution is 5.54. The SMILES string of the molecule is CCC(N)Cc1ccccc1N1CCC(CC)(CC)CC1. The summed E-state index contributed by atoms with van der Waals surface area (Å²) in [7, 11) is 0. The molecule has 1 aromatic carbocycles. The molecule has 1 saturated heterocycles. The van der Waals surface area contributed by atoms with Gasteiger partial charge in [0.25, 0.3) is 0 Å². The normalized spacial score (nSPS) is 19.5. The minimum atomic E-state index is 0.279. The second kappa shape index (κ2) is 7.31. The zero-order valence-corrected chi connectivity index (χ0v) is 14.1. The van der Waals surface area contributed by atoms with Gasteiger partial charge in [0.15, 0.2) is 0 Å². The first-order valence-electron chi connectivity index (χ1n) is 8.72. The monoisotopic (exact) mass is 288 g/mol. The van der Waals surface area contributed by atoms with Crippen LogP contribution in [0.2, 0.25) is 0 Å². The van der Waals surface area contributed by atoms with Crippen LogP contribution in [-0.2, 0) is 6.42 Å². The summed E-state index contributed by atoms with van der Waals surface area (Å²) in [6.07, 6.45) is 7.33. The number of benzene rings is 1. The van der Waals surface area contributed by atoms with E-state index in [4.69, 9.17) is 5.73 Å². The zero-order chi connectivity index (χ0) is 15.3. The third kappa shape index (κ3) is 3.79. The fourth-order valence-electron chi connectivity index (χ4n) is 3.60. The molecular weight excluding hydrogens is 256 g/mol. The van der Waals surface area contributed by atoms with E-state index in [0.29, 0.717) is 5.41 Å². The van der Waals surface area contributed by atoms with Gasteiger partial charge in [0.1, 0.15) is 0 Å². The van der Waals surface area contributed by atoms with Crippen molar-refractivity contribution in [2.45, 2.75) is 65.3 Å². The van der Waals surface area contributed by atoms with Crippen molar-refractivity contribution in [2.24, 2.45) is 11.1 Å². The van der Waals surface area contributed by atoms with Crippen LogP contribution in [0.1, 0.15) is 58.4 Å². The Morgan fingerprint density at radius 3 is 2.29 bits per heavy atom. The summed E-state index contributed by atoms with van der Waals surface area (Å²) in [4.78, 5) is 2.58. The highest BCUT2D eigenvalue weighted by Crippen LogP contribution is 2.39. The summed E-state index contributed by atoms with van der Waals surface area (Å²) in [5.74, 6) is 0. The first-order valence-corrected chi connectivity index (χ1v) is 8.72. The van der Waals surface area contributed by atoms with Gasteiger partial charge in [-0.05, 0) is 42.7 Å². The lowest BCUT2D eigenvalue weighted by molar-refractivity contribution is 0.199. The molecule has 118 valence electrons. The van der Waals surface area contributed by atoms with Crippen LogP contribution in [-0.4, -0.2) is 19.1 Å². The van der Waals surface area contributed by atoms with Crippen molar-refractivity contribution in [2.75, 3.05) is 18.0 Å². The fraction of sp³-hybridized carbons (Fsp3) is 0.684. The van der Waals surface area contributed by atoms with Crippen LogP contribution in [0.3, 0.4) is 0 Å². The van der Waals surface area contributed by atoms with E-state index in [-0.39, 0.29) is 6.04 Å². The van der Waals surface area contributed by atoms with E-state index in [0.717, 1.165) is 12.8 Å². The highest BCUT2D eigenvalue weighted by atomic mass is 15.1. The summed E-state index contributed by atoms with van der Waals surface area (Å²) >= 11 is 0. The Kier molecular flexibility index (Phi) is 5.69. The number of piperidine rings is 1. The van der Waals surface area contributed by atoms with E-state index in [1.165, 1.54) is 50.0 Å². The molecule has 1 unspecified atom stereocenters. The molecular formula is C19H32N2. The molecule has 1 fully saturated rings. The number of hydrogen-bond donors (Lipinski definition) is 1. The summed E-state index contributed by atoms with van der Waals surface area (Å²) in [5.41, 5.74) is 9.60. The van der Waals surface area contributed by atoms with Crippen molar-refractivity contribution in [3.05, 3.63) is 29.8 Å². The second-order valence-electron chi connectivity index (χ2n) is 6.70. The van der Waals surface area contributed by atoms with Crippen LogP contribution in [0.25, 0.3) is 0 Å². The maximum Gasteiger partial charge on any atom is 0.0399 e. The van der Waals surface area contributed by atoms with Crippen molar-refractivity contribution in [3.8, 4) is 0 Å². The molecule has 0 aromatic heterocycles. The molecule has 1 aliphatic rings. The predicted molar refractivity (Wildman–Crippen MR) is 92.9 cm³/mol. The molecule has 0 spiro atoms. The van der Waals surface area contributed by atoms with Gasteiger partial charge >= 0.3 is 0 Å². The molecule has 0 bridgehead atoms. The van der Waals surface area contributed by atoms with Gasteiger partial charge in [0.2, 0.25) is 0 Å². The number of anilines is 1. The quantitative estimate of drug-likeness (QED) is 0.842. The number of rotatable bonds is 6. The van der Waals surface area contributed by atoms with Crippen molar-refractivity contribution in [1.82, 2.24) is 0 Å². The lowest BCUT2D eigenvalue weighted by Crippen LogP contribution is -2.40. The number of nitrogens with zero attached hydrogens (tertiary/aromatic N) is 1. The maximum atomic E-state index is 6.17. The van der Waals surface area contributed by atoms with Gasteiger partial charge in [0, 0.05) is 24.8 Å². The first-order chi connectivity index (χ1) is 10.1. The second-order valence-corrected chi connectivity index (χ2v) is 6.70. The molecule has 1 aliphatic heterocycles. The predicted octanol–water partition coefficient (Wildman–Crippen LogP) is 4.37. The number of hydrogen-bond acceptors (Lipinski definition) is 2. The third-order valence-electron chi connectivity index (χ3n) is 5.66. The van der Waals surface area contributed by atoms with Crippen LogP contribution in [0.5, 0.6) is 0 Å². The Labute approximate surface area is 130 Å².